The van der Waals surface area contributed by atoms with Gasteiger partial charge in [-0.2, -0.15) is 0 Å². The summed E-state index contributed by atoms with van der Waals surface area (Å²) in [5.41, 5.74) is 1.64. The molecule has 0 amide bonds. The van der Waals surface area contributed by atoms with Gasteiger partial charge >= 0.3 is 0 Å². The third-order valence-electron chi connectivity index (χ3n) is 5.31. The first-order valence-corrected chi connectivity index (χ1v) is 10.5. The minimum Gasteiger partial charge on any atom is -0.492 e. The van der Waals surface area contributed by atoms with Crippen molar-refractivity contribution < 1.29 is 13.9 Å². The molecule has 0 radical (unpaired) electrons. The van der Waals surface area contributed by atoms with Gasteiger partial charge in [0.15, 0.2) is 5.78 Å². The fourth-order valence-corrected chi connectivity index (χ4v) is 3.77. The monoisotopic (exact) mass is 418 g/mol. The molecule has 0 aliphatic carbocycles. The maximum atomic E-state index is 12.9. The van der Waals surface area contributed by atoms with Crippen molar-refractivity contribution in [1.29, 1.82) is 0 Å². The van der Waals surface area contributed by atoms with E-state index in [2.05, 4.69) is 9.80 Å². The molecule has 156 valence electrons. The molecule has 4 nitrogen and oxygen atoms in total. The minimum absolute atomic E-state index is 0.0817. The van der Waals surface area contributed by atoms with Gasteiger partial charge in [-0.3, -0.25) is 9.69 Å². The summed E-state index contributed by atoms with van der Waals surface area (Å²) in [6.07, 6.45) is 1.33. The molecule has 2 aromatic carbocycles. The number of Topliss-reactive ketones (excluding diaryl/α,β-unsaturated/α-hetero) is 1. The summed E-state index contributed by atoms with van der Waals surface area (Å²) in [4.78, 5) is 17.0. The van der Waals surface area contributed by atoms with E-state index in [4.69, 9.17) is 16.3 Å². The van der Waals surface area contributed by atoms with Crippen molar-refractivity contribution in [3.63, 3.8) is 0 Å². The van der Waals surface area contributed by atoms with Crippen molar-refractivity contribution in [3.05, 3.63) is 64.4 Å². The van der Waals surface area contributed by atoms with E-state index in [1.54, 1.807) is 12.1 Å². The van der Waals surface area contributed by atoms with Crippen LogP contribution in [0.15, 0.2) is 42.5 Å². The first-order valence-electron chi connectivity index (χ1n) is 10.1. The van der Waals surface area contributed by atoms with Crippen molar-refractivity contribution in [3.8, 4) is 5.75 Å². The molecule has 0 N–H and O–H groups in total. The highest BCUT2D eigenvalue weighted by atomic mass is 35.5. The number of aryl methyl sites for hydroxylation is 1. The number of carbonyl (C=O) groups is 1. The molecule has 0 atom stereocenters. The molecule has 0 saturated carbocycles. The molecular formula is C23H28ClFN2O2. The van der Waals surface area contributed by atoms with Gasteiger partial charge in [-0.15, -0.1) is 0 Å². The van der Waals surface area contributed by atoms with Crippen LogP contribution < -0.4 is 4.74 Å². The fraction of sp³-hybridized carbons (Fsp3) is 0.435. The second kappa shape index (κ2) is 10.7. The van der Waals surface area contributed by atoms with E-state index >= 15 is 0 Å². The van der Waals surface area contributed by atoms with Crippen molar-refractivity contribution in [2.45, 2.75) is 19.8 Å². The van der Waals surface area contributed by atoms with Gasteiger partial charge in [-0.05, 0) is 67.9 Å². The normalized spacial score (nSPS) is 15.4. The topological polar surface area (TPSA) is 32.8 Å². The lowest BCUT2D eigenvalue weighted by Gasteiger charge is -2.34. The summed E-state index contributed by atoms with van der Waals surface area (Å²) >= 11 is 5.98. The summed E-state index contributed by atoms with van der Waals surface area (Å²) in [5.74, 6) is 0.658. The van der Waals surface area contributed by atoms with Gasteiger partial charge in [-0.1, -0.05) is 11.6 Å². The van der Waals surface area contributed by atoms with Gasteiger partial charge < -0.3 is 9.64 Å². The van der Waals surface area contributed by atoms with Crippen LogP contribution in [-0.4, -0.2) is 61.5 Å². The first-order chi connectivity index (χ1) is 14.0. The molecule has 0 aromatic heterocycles. The maximum Gasteiger partial charge on any atom is 0.162 e. The number of carbonyl (C=O) groups excluding carboxylic acids is 1. The highest BCUT2D eigenvalue weighted by molar-refractivity contribution is 6.30. The van der Waals surface area contributed by atoms with Crippen LogP contribution in [0.5, 0.6) is 5.75 Å². The zero-order valence-electron chi connectivity index (χ0n) is 16.9. The largest absolute Gasteiger partial charge is 0.492 e. The second-order valence-electron chi connectivity index (χ2n) is 7.48. The SMILES string of the molecule is Cc1cc(Cl)ccc1OCCN1CCN(CCCC(=O)c2ccc(F)cc2)CC1. The number of piperazine rings is 1. The molecule has 1 aliphatic rings. The standard InChI is InChI=1S/C23H28ClFN2O2/c1-18-17-20(24)6-9-23(18)29-16-15-27-13-11-26(12-14-27)10-2-3-22(28)19-4-7-21(25)8-5-19/h4-9,17H,2-3,10-16H2,1H3. The smallest absolute Gasteiger partial charge is 0.162 e. The van der Waals surface area contributed by atoms with E-state index in [-0.39, 0.29) is 11.6 Å². The Labute approximate surface area is 177 Å². The van der Waals surface area contributed by atoms with Crippen LogP contribution in [-0.2, 0) is 0 Å². The van der Waals surface area contributed by atoms with Crippen LogP contribution in [0.25, 0.3) is 0 Å². The van der Waals surface area contributed by atoms with Crippen LogP contribution in [0.2, 0.25) is 5.02 Å². The molecule has 3 rings (SSSR count). The molecule has 2 aromatic rings. The van der Waals surface area contributed by atoms with Gasteiger partial charge in [0.25, 0.3) is 0 Å². The highest BCUT2D eigenvalue weighted by Crippen LogP contribution is 2.21. The Hall–Kier alpha value is -1.95. The van der Waals surface area contributed by atoms with Crippen LogP contribution in [0.4, 0.5) is 4.39 Å². The zero-order chi connectivity index (χ0) is 20.6. The number of rotatable bonds is 9. The van der Waals surface area contributed by atoms with Crippen LogP contribution in [0, 0.1) is 12.7 Å². The molecule has 1 aliphatic heterocycles. The van der Waals surface area contributed by atoms with Crippen molar-refractivity contribution in [1.82, 2.24) is 9.80 Å². The molecule has 1 heterocycles. The van der Waals surface area contributed by atoms with Crippen LogP contribution >= 0.6 is 11.6 Å². The summed E-state index contributed by atoms with van der Waals surface area (Å²) in [5, 5.41) is 0.727. The zero-order valence-corrected chi connectivity index (χ0v) is 17.6. The molecule has 0 spiro atoms. The lowest BCUT2D eigenvalue weighted by Crippen LogP contribution is -2.47. The number of hydrogen-bond donors (Lipinski definition) is 0. The van der Waals surface area contributed by atoms with E-state index in [1.165, 1.54) is 12.1 Å². The summed E-state index contributed by atoms with van der Waals surface area (Å²) < 4.78 is 18.8. The van der Waals surface area contributed by atoms with Crippen molar-refractivity contribution >= 4 is 17.4 Å². The Kier molecular flexibility index (Phi) is 8.04. The third kappa shape index (κ3) is 6.81. The molecule has 0 bridgehead atoms. The quantitative estimate of drug-likeness (QED) is 0.563. The average Bonchev–Trinajstić information content (AvgIpc) is 2.71. The van der Waals surface area contributed by atoms with Gasteiger partial charge in [0.2, 0.25) is 0 Å². The fourth-order valence-electron chi connectivity index (χ4n) is 3.54. The van der Waals surface area contributed by atoms with Crippen LogP contribution in [0.1, 0.15) is 28.8 Å². The van der Waals surface area contributed by atoms with E-state index < -0.39 is 0 Å². The van der Waals surface area contributed by atoms with E-state index in [1.807, 2.05) is 25.1 Å². The van der Waals surface area contributed by atoms with Gasteiger partial charge in [0.1, 0.15) is 18.2 Å². The third-order valence-corrected chi connectivity index (χ3v) is 5.55. The Morgan fingerprint density at radius 2 is 1.69 bits per heavy atom. The number of nitrogens with zero attached hydrogens (tertiary/aromatic N) is 2. The van der Waals surface area contributed by atoms with Gasteiger partial charge in [0, 0.05) is 49.7 Å². The predicted molar refractivity (Wildman–Crippen MR) is 115 cm³/mol. The number of ketones is 1. The number of benzene rings is 2. The van der Waals surface area contributed by atoms with E-state index in [0.29, 0.717) is 18.6 Å². The maximum absolute atomic E-state index is 12.9. The van der Waals surface area contributed by atoms with E-state index in [9.17, 15) is 9.18 Å². The lowest BCUT2D eigenvalue weighted by molar-refractivity contribution is 0.0953. The lowest BCUT2D eigenvalue weighted by atomic mass is 10.1. The molecule has 1 fully saturated rings. The Morgan fingerprint density at radius 3 is 2.34 bits per heavy atom. The van der Waals surface area contributed by atoms with Gasteiger partial charge in [0.05, 0.1) is 0 Å². The average molecular weight is 419 g/mol. The molecule has 0 unspecified atom stereocenters. The predicted octanol–water partition coefficient (Wildman–Crippen LogP) is 4.45. The number of hydrogen-bond acceptors (Lipinski definition) is 4. The molecule has 1 saturated heterocycles. The molecule has 29 heavy (non-hydrogen) atoms. The number of ether oxygens (including phenoxy) is 1. The Bertz CT molecular complexity index is 805. The second-order valence-corrected chi connectivity index (χ2v) is 7.91. The summed E-state index contributed by atoms with van der Waals surface area (Å²) in [7, 11) is 0. The van der Waals surface area contributed by atoms with Gasteiger partial charge in [-0.25, -0.2) is 4.39 Å². The Balaban J connectivity index is 1.30. The minimum atomic E-state index is -0.312. The molecular weight excluding hydrogens is 391 g/mol. The highest BCUT2D eigenvalue weighted by Gasteiger charge is 2.17. The Morgan fingerprint density at radius 1 is 1.03 bits per heavy atom. The number of halogens is 2. The van der Waals surface area contributed by atoms with Crippen LogP contribution in [0.3, 0.4) is 0 Å². The first kappa shape index (κ1) is 21.8. The summed E-state index contributed by atoms with van der Waals surface area (Å²) in [6.45, 7) is 8.51. The van der Waals surface area contributed by atoms with Crippen molar-refractivity contribution in [2.24, 2.45) is 0 Å². The van der Waals surface area contributed by atoms with E-state index in [0.717, 1.165) is 62.0 Å². The van der Waals surface area contributed by atoms with Crippen molar-refractivity contribution in [2.75, 3.05) is 45.9 Å². The molecule has 6 heteroatoms. The summed E-state index contributed by atoms with van der Waals surface area (Å²) in [6, 6.07) is 11.5.